The second-order valence-electron chi connectivity index (χ2n) is 4.11. The van der Waals surface area contributed by atoms with Gasteiger partial charge in [-0.1, -0.05) is 0 Å². The number of nitrogens with zero attached hydrogens (tertiary/aromatic N) is 1. The molecular weight excluding hydrogens is 276 g/mol. The van der Waals surface area contributed by atoms with Crippen molar-refractivity contribution in [3.05, 3.63) is 53.4 Å². The average Bonchev–Trinajstić information content (AvgIpc) is 2.71. The predicted octanol–water partition coefficient (Wildman–Crippen LogP) is 3.49. The van der Waals surface area contributed by atoms with E-state index < -0.39 is 29.5 Å². The summed E-state index contributed by atoms with van der Waals surface area (Å²) in [5.41, 5.74) is -1.10. The van der Waals surface area contributed by atoms with Crippen LogP contribution in [0.15, 0.2) is 30.5 Å². The smallest absolute Gasteiger partial charge is 0.275 e. The van der Waals surface area contributed by atoms with Crippen LogP contribution in [0.3, 0.4) is 0 Å². The molecule has 1 amide bonds. The minimum Gasteiger partial charge on any atom is -0.344 e. The van der Waals surface area contributed by atoms with E-state index in [-0.39, 0.29) is 11.4 Å². The van der Waals surface area contributed by atoms with E-state index in [4.69, 9.17) is 0 Å². The van der Waals surface area contributed by atoms with Crippen LogP contribution in [-0.2, 0) is 7.05 Å². The second-order valence-corrected chi connectivity index (χ2v) is 4.11. The summed E-state index contributed by atoms with van der Waals surface area (Å²) in [5, 5.41) is 2.25. The molecule has 3 nitrogen and oxygen atoms in total. The number of amides is 1. The topological polar surface area (TPSA) is 34.0 Å². The lowest BCUT2D eigenvalue weighted by molar-refractivity contribution is 0.101. The molecule has 0 saturated heterocycles. The van der Waals surface area contributed by atoms with Gasteiger partial charge in [-0.3, -0.25) is 4.79 Å². The molecule has 0 aliphatic carbocycles. The van der Waals surface area contributed by atoms with Crippen molar-refractivity contribution in [2.45, 2.75) is 6.43 Å². The maximum Gasteiger partial charge on any atom is 0.275 e. The van der Waals surface area contributed by atoms with E-state index in [0.29, 0.717) is 0 Å². The normalized spacial score (nSPS) is 10.9. The lowest BCUT2D eigenvalue weighted by Crippen LogP contribution is -2.17. The van der Waals surface area contributed by atoms with Gasteiger partial charge in [0, 0.05) is 18.9 Å². The molecule has 0 atom stereocenters. The molecule has 1 aromatic carbocycles. The molecule has 2 aromatic rings. The van der Waals surface area contributed by atoms with Crippen LogP contribution in [0.2, 0.25) is 0 Å². The van der Waals surface area contributed by atoms with Gasteiger partial charge >= 0.3 is 0 Å². The number of rotatable bonds is 3. The number of nitrogens with one attached hydrogen (secondary N) is 1. The molecule has 0 spiro atoms. The zero-order chi connectivity index (χ0) is 14.9. The number of aryl methyl sites for hydroxylation is 1. The van der Waals surface area contributed by atoms with Crippen LogP contribution < -0.4 is 5.32 Å². The van der Waals surface area contributed by atoms with Gasteiger partial charge in [-0.2, -0.15) is 0 Å². The van der Waals surface area contributed by atoms with Crippen molar-refractivity contribution in [1.29, 1.82) is 0 Å². The average molecular weight is 286 g/mol. The van der Waals surface area contributed by atoms with Crippen molar-refractivity contribution in [2.75, 3.05) is 5.32 Å². The van der Waals surface area contributed by atoms with Crippen molar-refractivity contribution in [3.63, 3.8) is 0 Å². The van der Waals surface area contributed by atoms with E-state index in [1.165, 1.54) is 17.8 Å². The van der Waals surface area contributed by atoms with Gasteiger partial charge in [-0.15, -0.1) is 0 Å². The van der Waals surface area contributed by atoms with E-state index >= 15 is 0 Å². The molecule has 2 rings (SSSR count). The fraction of sp³-hybridized carbons (Fsp3) is 0.154. The van der Waals surface area contributed by atoms with Gasteiger partial charge in [0.15, 0.2) is 5.82 Å². The third kappa shape index (κ3) is 2.66. The van der Waals surface area contributed by atoms with E-state index in [1.54, 1.807) is 0 Å². The maximum absolute atomic E-state index is 13.4. The summed E-state index contributed by atoms with van der Waals surface area (Å²) in [5.74, 6) is -2.61. The Bertz CT molecular complexity index is 632. The van der Waals surface area contributed by atoms with Gasteiger partial charge in [-0.05, 0) is 24.3 Å². The summed E-state index contributed by atoms with van der Waals surface area (Å²) in [6.07, 6.45) is -1.65. The third-order valence-corrected chi connectivity index (χ3v) is 2.73. The molecule has 1 N–H and O–H groups in total. The molecule has 1 aromatic heterocycles. The van der Waals surface area contributed by atoms with Crippen LogP contribution in [0, 0.1) is 11.6 Å². The Morgan fingerprint density at radius 2 is 1.90 bits per heavy atom. The van der Waals surface area contributed by atoms with Gasteiger partial charge < -0.3 is 9.88 Å². The van der Waals surface area contributed by atoms with Crippen LogP contribution in [0.5, 0.6) is 0 Å². The van der Waals surface area contributed by atoms with Crippen LogP contribution in [0.4, 0.5) is 23.2 Å². The van der Waals surface area contributed by atoms with E-state index in [9.17, 15) is 22.4 Å². The van der Waals surface area contributed by atoms with Crippen LogP contribution in [-0.4, -0.2) is 10.5 Å². The molecule has 7 heteroatoms. The van der Waals surface area contributed by atoms with Crippen molar-refractivity contribution in [3.8, 4) is 0 Å². The highest BCUT2D eigenvalue weighted by molar-refractivity contribution is 6.03. The number of hydrogen-bond acceptors (Lipinski definition) is 1. The van der Waals surface area contributed by atoms with Crippen LogP contribution in [0.25, 0.3) is 0 Å². The number of carbonyl (C=O) groups is 1. The minimum atomic E-state index is -3.00. The molecule has 0 aliphatic heterocycles. The molecule has 20 heavy (non-hydrogen) atoms. The third-order valence-electron chi connectivity index (χ3n) is 2.73. The molecule has 0 aliphatic rings. The van der Waals surface area contributed by atoms with Gasteiger partial charge in [-0.25, -0.2) is 17.6 Å². The number of aromatic nitrogens is 1. The summed E-state index contributed by atoms with van der Waals surface area (Å²) in [4.78, 5) is 11.8. The van der Waals surface area contributed by atoms with Crippen molar-refractivity contribution in [2.24, 2.45) is 7.05 Å². The number of alkyl halides is 2. The number of benzene rings is 1. The summed E-state index contributed by atoms with van der Waals surface area (Å²) < 4.78 is 52.8. The Morgan fingerprint density at radius 1 is 1.20 bits per heavy atom. The molecule has 0 unspecified atom stereocenters. The van der Waals surface area contributed by atoms with Gasteiger partial charge in [0.1, 0.15) is 11.5 Å². The number of halogens is 4. The van der Waals surface area contributed by atoms with Crippen molar-refractivity contribution in [1.82, 2.24) is 4.57 Å². The summed E-state index contributed by atoms with van der Waals surface area (Å²) >= 11 is 0. The number of anilines is 1. The van der Waals surface area contributed by atoms with Crippen LogP contribution >= 0.6 is 0 Å². The first kappa shape index (κ1) is 14.1. The van der Waals surface area contributed by atoms with E-state index in [2.05, 4.69) is 5.32 Å². The lowest BCUT2D eigenvalue weighted by Gasteiger charge is -2.09. The Hall–Kier alpha value is -2.31. The first-order valence-corrected chi connectivity index (χ1v) is 5.60. The monoisotopic (exact) mass is 286 g/mol. The van der Waals surface area contributed by atoms with E-state index in [0.717, 1.165) is 24.3 Å². The largest absolute Gasteiger partial charge is 0.344 e. The van der Waals surface area contributed by atoms with Crippen molar-refractivity contribution < 1.29 is 22.4 Å². The molecule has 0 fully saturated rings. The fourth-order valence-corrected chi connectivity index (χ4v) is 1.75. The molecule has 106 valence electrons. The SMILES string of the molecule is Cn1ccc(F)c1C(=O)Nc1ccc(F)c(C(F)F)c1. The Kier molecular flexibility index (Phi) is 3.78. The zero-order valence-corrected chi connectivity index (χ0v) is 10.3. The maximum atomic E-state index is 13.4. The van der Waals surface area contributed by atoms with E-state index in [1.807, 2.05) is 0 Å². The molecular formula is C13H10F4N2O. The molecule has 0 bridgehead atoms. The highest BCUT2D eigenvalue weighted by atomic mass is 19.3. The Labute approximate surface area is 111 Å². The first-order valence-electron chi connectivity index (χ1n) is 5.60. The molecule has 0 saturated carbocycles. The molecule has 1 heterocycles. The first-order chi connectivity index (χ1) is 9.40. The summed E-state index contributed by atoms with van der Waals surface area (Å²) in [7, 11) is 1.47. The van der Waals surface area contributed by atoms with Crippen molar-refractivity contribution >= 4 is 11.6 Å². The second kappa shape index (κ2) is 5.36. The molecule has 0 radical (unpaired) electrons. The lowest BCUT2D eigenvalue weighted by atomic mass is 10.2. The summed E-state index contributed by atoms with van der Waals surface area (Å²) in [6, 6.07) is 3.86. The predicted molar refractivity (Wildman–Crippen MR) is 64.7 cm³/mol. The van der Waals surface area contributed by atoms with Gasteiger partial charge in [0.25, 0.3) is 12.3 Å². The summed E-state index contributed by atoms with van der Waals surface area (Å²) in [6.45, 7) is 0. The highest BCUT2D eigenvalue weighted by Gasteiger charge is 2.18. The minimum absolute atomic E-state index is 0.0349. The fourth-order valence-electron chi connectivity index (χ4n) is 1.75. The number of carbonyl (C=O) groups excluding carboxylic acids is 1. The van der Waals surface area contributed by atoms with Gasteiger partial charge in [0.05, 0.1) is 5.56 Å². The quantitative estimate of drug-likeness (QED) is 0.861. The van der Waals surface area contributed by atoms with Gasteiger partial charge in [0.2, 0.25) is 0 Å². The highest BCUT2D eigenvalue weighted by Crippen LogP contribution is 2.25. The Balaban J connectivity index is 2.27. The standard InChI is InChI=1S/C13H10F4N2O/c1-19-5-4-10(15)11(19)13(20)18-7-2-3-9(14)8(6-7)12(16)17/h2-6,12H,1H3,(H,18,20). The number of hydrogen-bond donors (Lipinski definition) is 1. The van der Waals surface area contributed by atoms with Crippen LogP contribution in [0.1, 0.15) is 22.5 Å². The zero-order valence-electron chi connectivity index (χ0n) is 10.3. The Morgan fingerprint density at radius 3 is 2.45 bits per heavy atom.